The largest absolute Gasteiger partial charge is 0.385 e. The van der Waals surface area contributed by atoms with Crippen LogP contribution in [0.4, 0.5) is 5.69 Å². The van der Waals surface area contributed by atoms with Crippen LogP contribution >= 0.6 is 0 Å². The molecule has 2 aromatic rings. The average Bonchev–Trinajstić information content (AvgIpc) is 2.91. The first-order valence-electron chi connectivity index (χ1n) is 5.89. The van der Waals surface area contributed by atoms with E-state index in [2.05, 4.69) is 27.8 Å². The number of rotatable bonds is 6. The van der Waals surface area contributed by atoms with Gasteiger partial charge >= 0.3 is 0 Å². The highest BCUT2D eigenvalue weighted by molar-refractivity contribution is 5.60. The predicted octanol–water partition coefficient (Wildman–Crippen LogP) is 1.50. The smallest absolute Gasteiger partial charge is 0.143 e. The molecule has 0 aliphatic heterocycles. The standard InChI is InChI=1S/C12H17N5O/c1-10(7-8-18-2)14-11-5-3-4-6-12(11)17-9-13-15-16-17/h3-6,9-10,14H,7-8H2,1-2H3. The Morgan fingerprint density at radius 3 is 2.94 bits per heavy atom. The number of benzene rings is 1. The van der Waals surface area contributed by atoms with Crippen molar-refractivity contribution in [3.63, 3.8) is 0 Å². The molecule has 1 unspecified atom stereocenters. The molecule has 0 spiro atoms. The van der Waals surface area contributed by atoms with E-state index in [-0.39, 0.29) is 0 Å². The van der Waals surface area contributed by atoms with Crippen LogP contribution in [0.1, 0.15) is 13.3 Å². The third kappa shape index (κ3) is 3.04. The van der Waals surface area contributed by atoms with E-state index in [0.717, 1.165) is 24.4 Å². The van der Waals surface area contributed by atoms with Crippen LogP contribution in [0.3, 0.4) is 0 Å². The fourth-order valence-corrected chi connectivity index (χ4v) is 1.70. The zero-order chi connectivity index (χ0) is 12.8. The predicted molar refractivity (Wildman–Crippen MR) is 68.7 cm³/mol. The summed E-state index contributed by atoms with van der Waals surface area (Å²) in [6, 6.07) is 8.26. The second-order valence-corrected chi connectivity index (χ2v) is 4.10. The van der Waals surface area contributed by atoms with Crippen molar-refractivity contribution in [2.24, 2.45) is 0 Å². The number of ether oxygens (including phenoxy) is 1. The lowest BCUT2D eigenvalue weighted by molar-refractivity contribution is 0.191. The first kappa shape index (κ1) is 12.5. The highest BCUT2D eigenvalue weighted by Gasteiger charge is 2.08. The first-order valence-corrected chi connectivity index (χ1v) is 5.89. The minimum absolute atomic E-state index is 0.322. The topological polar surface area (TPSA) is 64.9 Å². The Balaban J connectivity index is 2.13. The number of nitrogens with one attached hydrogen (secondary N) is 1. The van der Waals surface area contributed by atoms with Gasteiger partial charge in [-0.3, -0.25) is 0 Å². The van der Waals surface area contributed by atoms with E-state index in [9.17, 15) is 0 Å². The van der Waals surface area contributed by atoms with Gasteiger partial charge in [0, 0.05) is 19.8 Å². The Kier molecular flexibility index (Phi) is 4.25. The van der Waals surface area contributed by atoms with E-state index >= 15 is 0 Å². The maximum atomic E-state index is 5.08. The van der Waals surface area contributed by atoms with Crippen LogP contribution in [0.15, 0.2) is 30.6 Å². The second-order valence-electron chi connectivity index (χ2n) is 4.10. The fraction of sp³-hybridized carbons (Fsp3) is 0.417. The number of tetrazole rings is 1. The minimum Gasteiger partial charge on any atom is -0.385 e. The first-order chi connectivity index (χ1) is 8.81. The molecule has 1 heterocycles. The summed E-state index contributed by atoms with van der Waals surface area (Å²) >= 11 is 0. The molecule has 0 radical (unpaired) electrons. The van der Waals surface area contributed by atoms with Crippen LogP contribution in [0, 0.1) is 0 Å². The van der Waals surface area contributed by atoms with Crippen molar-refractivity contribution in [3.05, 3.63) is 30.6 Å². The lowest BCUT2D eigenvalue weighted by Crippen LogP contribution is -2.18. The Morgan fingerprint density at radius 2 is 2.22 bits per heavy atom. The van der Waals surface area contributed by atoms with Gasteiger partial charge in [0.05, 0.1) is 11.4 Å². The van der Waals surface area contributed by atoms with Crippen molar-refractivity contribution >= 4 is 5.69 Å². The van der Waals surface area contributed by atoms with Crippen molar-refractivity contribution in [3.8, 4) is 5.69 Å². The van der Waals surface area contributed by atoms with Gasteiger partial charge in [-0.2, -0.15) is 4.68 Å². The summed E-state index contributed by atoms with van der Waals surface area (Å²) in [5, 5.41) is 14.7. The molecule has 1 aromatic carbocycles. The van der Waals surface area contributed by atoms with E-state index < -0.39 is 0 Å². The zero-order valence-electron chi connectivity index (χ0n) is 10.6. The SMILES string of the molecule is COCCC(C)Nc1ccccc1-n1cnnn1. The number of nitrogens with zero attached hydrogens (tertiary/aromatic N) is 4. The van der Waals surface area contributed by atoms with E-state index in [1.54, 1.807) is 18.1 Å². The van der Waals surface area contributed by atoms with Gasteiger partial charge in [0.1, 0.15) is 6.33 Å². The monoisotopic (exact) mass is 247 g/mol. The van der Waals surface area contributed by atoms with Crippen molar-refractivity contribution in [1.82, 2.24) is 20.2 Å². The lowest BCUT2D eigenvalue weighted by atomic mass is 10.2. The molecule has 0 bridgehead atoms. The molecule has 1 aromatic heterocycles. The van der Waals surface area contributed by atoms with Crippen molar-refractivity contribution in [2.45, 2.75) is 19.4 Å². The number of para-hydroxylation sites is 2. The van der Waals surface area contributed by atoms with Crippen LogP contribution in [-0.4, -0.2) is 40.0 Å². The molecule has 6 nitrogen and oxygen atoms in total. The Morgan fingerprint density at radius 1 is 1.39 bits per heavy atom. The highest BCUT2D eigenvalue weighted by Crippen LogP contribution is 2.19. The summed E-state index contributed by atoms with van der Waals surface area (Å²) in [5.41, 5.74) is 1.94. The quantitative estimate of drug-likeness (QED) is 0.838. The molecular formula is C12H17N5O. The average molecular weight is 247 g/mol. The third-order valence-corrected chi connectivity index (χ3v) is 2.66. The molecule has 0 saturated carbocycles. The third-order valence-electron chi connectivity index (χ3n) is 2.66. The number of hydrogen-bond donors (Lipinski definition) is 1. The molecule has 96 valence electrons. The minimum atomic E-state index is 0.322. The maximum absolute atomic E-state index is 5.08. The summed E-state index contributed by atoms with van der Waals surface area (Å²) in [6.07, 6.45) is 2.53. The molecule has 0 fully saturated rings. The van der Waals surface area contributed by atoms with Crippen LogP contribution < -0.4 is 5.32 Å². The summed E-state index contributed by atoms with van der Waals surface area (Å²) in [5.74, 6) is 0. The number of methoxy groups -OCH3 is 1. The number of hydrogen-bond acceptors (Lipinski definition) is 5. The molecule has 18 heavy (non-hydrogen) atoms. The Bertz CT molecular complexity index is 471. The highest BCUT2D eigenvalue weighted by atomic mass is 16.5. The van der Waals surface area contributed by atoms with Gasteiger partial charge in [-0.05, 0) is 35.9 Å². The zero-order valence-corrected chi connectivity index (χ0v) is 10.6. The molecule has 0 amide bonds. The molecule has 2 rings (SSSR count). The van der Waals surface area contributed by atoms with E-state index in [1.165, 1.54) is 0 Å². The number of aromatic nitrogens is 4. The molecular weight excluding hydrogens is 230 g/mol. The molecule has 1 N–H and O–H groups in total. The molecule has 0 aliphatic rings. The molecule has 0 saturated heterocycles. The van der Waals surface area contributed by atoms with E-state index in [1.807, 2.05) is 24.3 Å². The van der Waals surface area contributed by atoms with Gasteiger partial charge < -0.3 is 10.1 Å². The van der Waals surface area contributed by atoms with Gasteiger partial charge in [0.25, 0.3) is 0 Å². The normalized spacial score (nSPS) is 12.3. The van der Waals surface area contributed by atoms with Gasteiger partial charge in [-0.15, -0.1) is 5.10 Å². The van der Waals surface area contributed by atoms with Gasteiger partial charge in [-0.25, -0.2) is 0 Å². The molecule has 0 aliphatic carbocycles. The summed E-state index contributed by atoms with van der Waals surface area (Å²) in [4.78, 5) is 0. The van der Waals surface area contributed by atoms with E-state index in [0.29, 0.717) is 6.04 Å². The van der Waals surface area contributed by atoms with Crippen LogP contribution in [0.2, 0.25) is 0 Å². The van der Waals surface area contributed by atoms with Crippen molar-refractivity contribution in [2.75, 3.05) is 19.0 Å². The van der Waals surface area contributed by atoms with Gasteiger partial charge in [-0.1, -0.05) is 12.1 Å². The second kappa shape index (κ2) is 6.11. The Labute approximate surface area is 106 Å². The summed E-state index contributed by atoms with van der Waals surface area (Å²) in [6.45, 7) is 2.86. The fourth-order valence-electron chi connectivity index (χ4n) is 1.70. The van der Waals surface area contributed by atoms with Crippen molar-refractivity contribution < 1.29 is 4.74 Å². The van der Waals surface area contributed by atoms with Crippen LogP contribution in [0.5, 0.6) is 0 Å². The van der Waals surface area contributed by atoms with Gasteiger partial charge in [0.2, 0.25) is 0 Å². The summed E-state index contributed by atoms with van der Waals surface area (Å²) < 4.78 is 6.72. The van der Waals surface area contributed by atoms with Crippen LogP contribution in [0.25, 0.3) is 5.69 Å². The molecule has 1 atom stereocenters. The number of anilines is 1. The van der Waals surface area contributed by atoms with E-state index in [4.69, 9.17) is 4.74 Å². The maximum Gasteiger partial charge on any atom is 0.143 e. The lowest BCUT2D eigenvalue weighted by Gasteiger charge is -2.17. The van der Waals surface area contributed by atoms with Crippen molar-refractivity contribution in [1.29, 1.82) is 0 Å². The van der Waals surface area contributed by atoms with Gasteiger partial charge in [0.15, 0.2) is 0 Å². The molecule has 6 heteroatoms. The Hall–Kier alpha value is -1.95. The summed E-state index contributed by atoms with van der Waals surface area (Å²) in [7, 11) is 1.71. The van der Waals surface area contributed by atoms with Crippen LogP contribution in [-0.2, 0) is 4.74 Å².